The Morgan fingerprint density at radius 3 is 1.13 bits per heavy atom. The van der Waals surface area contributed by atoms with E-state index in [0.717, 1.165) is 232 Å². The third-order valence-corrected chi connectivity index (χ3v) is 23.4. The molecule has 0 radical (unpaired) electrons. The van der Waals surface area contributed by atoms with Gasteiger partial charge in [-0.25, -0.2) is 19.2 Å². The summed E-state index contributed by atoms with van der Waals surface area (Å²) in [6.07, 6.45) is 47.7. The Bertz CT molecular complexity index is 2390. The lowest BCUT2D eigenvalue weighted by Crippen LogP contribution is -2.24. The fraction of sp³-hybridized carbons (Fsp3) is 0.917. The molecule has 0 saturated carbocycles. The summed E-state index contributed by atoms with van der Waals surface area (Å²) in [6, 6.07) is 0. The van der Waals surface area contributed by atoms with Crippen LogP contribution in [0.4, 0.5) is 0 Å². The number of rotatable bonds is 82. The van der Waals surface area contributed by atoms with Gasteiger partial charge in [0, 0.05) is 25.7 Å². The van der Waals surface area contributed by atoms with Crippen LogP contribution in [0.3, 0.4) is 0 Å². The molecular weight excluding hydrogens is 1470 g/mol. The first-order chi connectivity index (χ1) is 56.0. The van der Waals surface area contributed by atoms with Crippen molar-refractivity contribution < 1.29 is 85.7 Å². The van der Waals surface area contributed by atoms with Crippen LogP contribution in [0.1, 0.15) is 397 Å². The molecule has 0 N–H and O–H groups in total. The third-order valence-electron chi connectivity index (χ3n) is 23.4. The average Bonchev–Trinajstić information content (AvgIpc) is 1.15. The Morgan fingerprint density at radius 2 is 0.698 bits per heavy atom. The topological polar surface area (TPSA) is 235 Å². The normalized spacial score (nSPS) is 14.4. The van der Waals surface area contributed by atoms with Gasteiger partial charge < -0.3 is 57.2 Å². The van der Waals surface area contributed by atoms with Crippen LogP contribution < -0.4 is 0 Å². The predicted octanol–water partition coefficient (Wildman–Crippen LogP) is 22.2. The highest BCUT2D eigenvalue weighted by Crippen LogP contribution is 2.35. The van der Waals surface area contributed by atoms with Crippen molar-refractivity contribution in [2.45, 2.75) is 409 Å². The van der Waals surface area contributed by atoms with Crippen LogP contribution in [0, 0.1) is 53.3 Å². The summed E-state index contributed by atoms with van der Waals surface area (Å²) in [4.78, 5) is 107. The quantitative estimate of drug-likeness (QED) is 0.0313. The van der Waals surface area contributed by atoms with Gasteiger partial charge in [0.15, 0.2) is 0 Å². The highest BCUT2D eigenvalue weighted by Gasteiger charge is 2.27. The van der Waals surface area contributed by atoms with Crippen LogP contribution in [-0.2, 0) is 85.7 Å². The van der Waals surface area contributed by atoms with Crippen LogP contribution in [0.25, 0.3) is 0 Å². The maximum absolute atomic E-state index is 13.3. The van der Waals surface area contributed by atoms with Gasteiger partial charge in [0.1, 0.15) is 38.6 Å². The molecule has 1 aliphatic rings. The van der Waals surface area contributed by atoms with Crippen LogP contribution in [0.15, 0.2) is 0 Å². The molecule has 1 saturated heterocycles. The molecule has 20 nitrogen and oxygen atoms in total. The molecule has 7 atom stereocenters. The van der Waals surface area contributed by atoms with Crippen molar-refractivity contribution in [3.8, 4) is 0 Å². The number of hydrogen-bond donors (Lipinski definition) is 0. The Labute approximate surface area is 708 Å². The number of unbranched alkanes of at least 4 members (excludes halogenated alkanes) is 18. The molecule has 680 valence electrons. The second-order valence-electron chi connectivity index (χ2n) is 35.9. The summed E-state index contributed by atoms with van der Waals surface area (Å²) in [7, 11) is 3.88. The van der Waals surface area contributed by atoms with Crippen molar-refractivity contribution in [2.24, 2.45) is 53.3 Å². The van der Waals surface area contributed by atoms with Crippen LogP contribution in [0.2, 0.25) is 0 Å². The number of ether oxygens (including phenoxy) is 10. The Hall–Kier alpha value is -4.40. The van der Waals surface area contributed by atoms with Gasteiger partial charge in [-0.3, -0.25) is 19.2 Å². The Morgan fingerprint density at radius 1 is 0.319 bits per heavy atom. The van der Waals surface area contributed by atoms with Gasteiger partial charge >= 0.3 is 47.8 Å². The van der Waals surface area contributed by atoms with E-state index in [1.54, 1.807) is 0 Å². The minimum Gasteiger partial charge on any atom is -0.465 e. The van der Waals surface area contributed by atoms with Crippen molar-refractivity contribution in [3.05, 3.63) is 0 Å². The zero-order valence-corrected chi connectivity index (χ0v) is 76.8. The van der Waals surface area contributed by atoms with Crippen molar-refractivity contribution in [2.75, 3.05) is 106 Å². The summed E-state index contributed by atoms with van der Waals surface area (Å²) in [5.74, 6) is 1.42. The Kier molecular flexibility index (Phi) is 71.4. The molecular formula is C96H178N2O18. The third kappa shape index (κ3) is 67.3. The average molecular weight is 1650 g/mol. The smallest absolute Gasteiger partial charge is 0.332 e. The SMILES string of the molecule is CCCCCC(CCCCC)CCOC(=O)COCC(=O)OCCCC(CCCOC(=O)COCC(=O)OCCC(CCCCC)CC(CCC)CC(C)C(CCC(C)C)COC(=O)CCCCCCCCCC(CCCCCCCCCC(=O)OCC(CCC(C)C)C(C)C)OC(=O)CCCN1CCCC1)OC(=O)CCCN(C)C. The molecule has 1 rings (SSSR count). The van der Waals surface area contributed by atoms with E-state index in [9.17, 15) is 38.4 Å². The molecule has 0 amide bonds. The van der Waals surface area contributed by atoms with E-state index >= 15 is 0 Å². The summed E-state index contributed by atoms with van der Waals surface area (Å²) >= 11 is 0. The summed E-state index contributed by atoms with van der Waals surface area (Å²) in [5.41, 5.74) is 0. The molecule has 0 aliphatic carbocycles. The molecule has 1 fully saturated rings. The summed E-state index contributed by atoms with van der Waals surface area (Å²) in [5, 5.41) is 0. The monoisotopic (exact) mass is 1650 g/mol. The number of esters is 8. The maximum Gasteiger partial charge on any atom is 0.332 e. The Balaban J connectivity index is 2.59. The van der Waals surface area contributed by atoms with Gasteiger partial charge in [0.25, 0.3) is 0 Å². The minimum absolute atomic E-state index is 0.0222. The molecule has 20 heteroatoms. The molecule has 0 aromatic heterocycles. The van der Waals surface area contributed by atoms with Crippen molar-refractivity contribution >= 4 is 47.8 Å². The summed E-state index contributed by atoms with van der Waals surface area (Å²) < 4.78 is 56.5. The van der Waals surface area contributed by atoms with E-state index in [2.05, 4.69) is 81.1 Å². The number of nitrogens with zero attached hydrogens (tertiary/aromatic N) is 2. The molecule has 1 heterocycles. The van der Waals surface area contributed by atoms with E-state index in [4.69, 9.17) is 47.4 Å². The van der Waals surface area contributed by atoms with Crippen molar-refractivity contribution in [3.63, 3.8) is 0 Å². The van der Waals surface area contributed by atoms with Gasteiger partial charge in [-0.05, 0) is 222 Å². The lowest BCUT2D eigenvalue weighted by molar-refractivity contribution is -0.157. The zero-order chi connectivity index (χ0) is 85.5. The second-order valence-corrected chi connectivity index (χ2v) is 35.9. The largest absolute Gasteiger partial charge is 0.465 e. The van der Waals surface area contributed by atoms with Crippen LogP contribution >= 0.6 is 0 Å². The first-order valence-electron chi connectivity index (χ1n) is 47.8. The van der Waals surface area contributed by atoms with Gasteiger partial charge in [-0.2, -0.15) is 0 Å². The first-order valence-corrected chi connectivity index (χ1v) is 47.8. The van der Waals surface area contributed by atoms with Gasteiger partial charge in [-0.15, -0.1) is 0 Å². The number of carbonyl (C=O) groups is 8. The fourth-order valence-electron chi connectivity index (χ4n) is 15.9. The van der Waals surface area contributed by atoms with Crippen molar-refractivity contribution in [1.82, 2.24) is 9.80 Å². The van der Waals surface area contributed by atoms with Crippen LogP contribution in [0.5, 0.6) is 0 Å². The number of hydrogen-bond acceptors (Lipinski definition) is 20. The van der Waals surface area contributed by atoms with Gasteiger partial charge in [0.2, 0.25) is 0 Å². The summed E-state index contributed by atoms with van der Waals surface area (Å²) in [6.45, 7) is 28.9. The molecule has 7 unspecified atom stereocenters. The molecule has 0 spiro atoms. The molecule has 0 aromatic carbocycles. The van der Waals surface area contributed by atoms with Gasteiger partial charge in [-0.1, -0.05) is 243 Å². The molecule has 1 aliphatic heterocycles. The molecule has 0 aromatic rings. The van der Waals surface area contributed by atoms with E-state index in [0.29, 0.717) is 119 Å². The van der Waals surface area contributed by atoms with Gasteiger partial charge in [0.05, 0.1) is 39.6 Å². The first kappa shape index (κ1) is 110. The van der Waals surface area contributed by atoms with E-state index < -0.39 is 36.6 Å². The molecule has 116 heavy (non-hydrogen) atoms. The fourth-order valence-corrected chi connectivity index (χ4v) is 15.9. The lowest BCUT2D eigenvalue weighted by Gasteiger charge is -2.30. The second kappa shape index (κ2) is 75.6. The van der Waals surface area contributed by atoms with Crippen molar-refractivity contribution in [1.29, 1.82) is 0 Å². The standard InChI is InChI=1S/C96H178N2O18/c1-14-18-31-45-82(46-32-19-15-2)60-68-111-95(105)76-107-74-93(103)109-66-42-50-88(116-91(101)54-40-62-97(12)13)51-43-67-110-94(104)75-108-77-96(106)112-69-61-83(47-33-20-16-3)71-84(44-17-4)70-81(11)86(59-57-79(7)8)73-114-90(100)53-37-30-26-22-24-28-35-49-87(115-92(102)55-41-65-98-63-38-39-64-98)48-34-27-23-21-25-29-36-52-89(99)113-72-85(80(9)10)58-56-78(5)6/h78-88H,14-77H2,1-13H3. The zero-order valence-electron chi connectivity index (χ0n) is 76.8. The van der Waals surface area contributed by atoms with E-state index in [-0.39, 0.29) is 82.0 Å². The number of carbonyl (C=O) groups excluding carboxylic acids is 8. The minimum atomic E-state index is -0.624. The number of likely N-dealkylation sites (tertiary alicyclic amines) is 1. The highest BCUT2D eigenvalue weighted by atomic mass is 16.6. The molecule has 0 bridgehead atoms. The highest BCUT2D eigenvalue weighted by molar-refractivity contribution is 5.74. The van der Waals surface area contributed by atoms with E-state index in [1.165, 1.54) is 57.8 Å². The van der Waals surface area contributed by atoms with E-state index in [1.807, 2.05) is 19.0 Å². The lowest BCUT2D eigenvalue weighted by atomic mass is 9.77. The van der Waals surface area contributed by atoms with Crippen LogP contribution in [-0.4, -0.2) is 176 Å². The predicted molar refractivity (Wildman–Crippen MR) is 467 cm³/mol. The maximum atomic E-state index is 13.3.